The Morgan fingerprint density at radius 2 is 1.54 bits per heavy atom. The van der Waals surface area contributed by atoms with Crippen molar-refractivity contribution in [3.8, 4) is 0 Å². The molecule has 0 unspecified atom stereocenters. The van der Waals surface area contributed by atoms with E-state index in [1.807, 2.05) is 0 Å². The lowest BCUT2D eigenvalue weighted by molar-refractivity contribution is -0.143. The van der Waals surface area contributed by atoms with Crippen molar-refractivity contribution >= 4 is 29.3 Å². The molecule has 1 N–H and O–H groups in total. The van der Waals surface area contributed by atoms with Crippen LogP contribution in [0.15, 0.2) is 36.4 Å². The zero-order valence-electron chi connectivity index (χ0n) is 12.7. The van der Waals surface area contributed by atoms with Gasteiger partial charge in [0.05, 0.1) is 11.8 Å². The molecule has 1 aliphatic heterocycles. The third-order valence-electron chi connectivity index (χ3n) is 5.98. The second-order valence-corrected chi connectivity index (χ2v) is 7.55. The van der Waals surface area contributed by atoms with E-state index in [-0.39, 0.29) is 35.5 Å². The predicted molar refractivity (Wildman–Crippen MR) is 85.5 cm³/mol. The van der Waals surface area contributed by atoms with Gasteiger partial charge in [-0.25, -0.2) is 0 Å². The monoisotopic (exact) mass is 342 g/mol. The number of amides is 3. The molecule has 3 amide bonds. The van der Waals surface area contributed by atoms with E-state index in [1.165, 1.54) is 0 Å². The Labute approximate surface area is 143 Å². The quantitative estimate of drug-likeness (QED) is 0.660. The van der Waals surface area contributed by atoms with Gasteiger partial charge in [-0.2, -0.15) is 5.01 Å². The molecule has 24 heavy (non-hydrogen) atoms. The number of halogens is 1. The highest BCUT2D eigenvalue weighted by Crippen LogP contribution is 2.65. The molecule has 2 saturated carbocycles. The number of nitrogens with one attached hydrogen (secondary N) is 1. The van der Waals surface area contributed by atoms with Gasteiger partial charge in [-0.1, -0.05) is 23.8 Å². The largest absolute Gasteiger partial charge is 0.272 e. The van der Waals surface area contributed by atoms with E-state index >= 15 is 0 Å². The van der Waals surface area contributed by atoms with Crippen molar-refractivity contribution in [2.45, 2.75) is 6.42 Å². The Balaban J connectivity index is 1.40. The SMILES string of the molecule is O=C(NN1C(=O)[C@@H]2[C@H]3C=C[C@H]([C@H]4C[C@H]34)[C@@H]2C1=O)c1ccc(Cl)cc1. The van der Waals surface area contributed by atoms with Crippen molar-refractivity contribution in [3.63, 3.8) is 0 Å². The van der Waals surface area contributed by atoms with E-state index in [9.17, 15) is 14.4 Å². The van der Waals surface area contributed by atoms with Crippen LogP contribution in [-0.4, -0.2) is 22.7 Å². The van der Waals surface area contributed by atoms with Crippen LogP contribution in [0.2, 0.25) is 5.02 Å². The van der Waals surface area contributed by atoms with Crippen LogP contribution in [0.25, 0.3) is 0 Å². The number of rotatable bonds is 2. The summed E-state index contributed by atoms with van der Waals surface area (Å²) in [7, 11) is 0. The van der Waals surface area contributed by atoms with Crippen LogP contribution >= 0.6 is 11.6 Å². The predicted octanol–water partition coefficient (Wildman–Crippen LogP) is 2.04. The number of allylic oxidation sites excluding steroid dienone is 2. The fraction of sp³-hybridized carbons (Fsp3) is 0.389. The molecule has 0 spiro atoms. The van der Waals surface area contributed by atoms with E-state index in [1.54, 1.807) is 24.3 Å². The Hall–Kier alpha value is -2.14. The van der Waals surface area contributed by atoms with Gasteiger partial charge in [0.15, 0.2) is 0 Å². The van der Waals surface area contributed by atoms with Crippen LogP contribution in [0.3, 0.4) is 0 Å². The first-order valence-corrected chi connectivity index (χ1v) is 8.57. The second kappa shape index (κ2) is 4.70. The molecule has 6 rings (SSSR count). The summed E-state index contributed by atoms with van der Waals surface area (Å²) in [6, 6.07) is 6.33. The number of hydrazine groups is 1. The Morgan fingerprint density at radius 3 is 2.08 bits per heavy atom. The van der Waals surface area contributed by atoms with Crippen LogP contribution in [0, 0.1) is 35.5 Å². The summed E-state index contributed by atoms with van der Waals surface area (Å²) in [5.74, 6) is -0.220. The molecule has 2 bridgehead atoms. The minimum atomic E-state index is -0.475. The summed E-state index contributed by atoms with van der Waals surface area (Å²) in [4.78, 5) is 37.9. The van der Waals surface area contributed by atoms with Crippen molar-refractivity contribution in [1.82, 2.24) is 10.4 Å². The molecule has 122 valence electrons. The van der Waals surface area contributed by atoms with Gasteiger partial charge >= 0.3 is 0 Å². The molecule has 1 heterocycles. The van der Waals surface area contributed by atoms with E-state index in [0.717, 1.165) is 11.4 Å². The van der Waals surface area contributed by atoms with Gasteiger partial charge < -0.3 is 0 Å². The van der Waals surface area contributed by atoms with Crippen molar-refractivity contribution in [1.29, 1.82) is 0 Å². The van der Waals surface area contributed by atoms with Gasteiger partial charge in [0.25, 0.3) is 17.7 Å². The molecule has 5 nitrogen and oxygen atoms in total. The van der Waals surface area contributed by atoms with Crippen molar-refractivity contribution in [2.75, 3.05) is 0 Å². The lowest BCUT2D eigenvalue weighted by Gasteiger charge is -2.37. The van der Waals surface area contributed by atoms with Gasteiger partial charge in [0.1, 0.15) is 0 Å². The van der Waals surface area contributed by atoms with Crippen molar-refractivity contribution in [3.05, 3.63) is 47.0 Å². The molecular weight excluding hydrogens is 328 g/mol. The highest BCUT2D eigenvalue weighted by Gasteiger charge is 2.67. The third-order valence-corrected chi connectivity index (χ3v) is 6.23. The highest BCUT2D eigenvalue weighted by molar-refractivity contribution is 6.30. The molecule has 1 aromatic carbocycles. The summed E-state index contributed by atoms with van der Waals surface area (Å²) in [5, 5.41) is 1.47. The molecule has 3 fully saturated rings. The highest BCUT2D eigenvalue weighted by atomic mass is 35.5. The number of nitrogens with zero attached hydrogens (tertiary/aromatic N) is 1. The molecule has 5 aliphatic rings. The Bertz CT molecular complexity index is 767. The molecule has 4 aliphatic carbocycles. The molecule has 1 aromatic rings. The van der Waals surface area contributed by atoms with Gasteiger partial charge in [-0.3, -0.25) is 19.8 Å². The third kappa shape index (κ3) is 1.79. The van der Waals surface area contributed by atoms with Crippen molar-refractivity contribution in [2.24, 2.45) is 35.5 Å². The molecule has 6 atom stereocenters. The lowest BCUT2D eigenvalue weighted by atomic mass is 9.63. The maximum Gasteiger partial charge on any atom is 0.270 e. The number of carbonyl (C=O) groups is 3. The Kier molecular flexibility index (Phi) is 2.78. The van der Waals surface area contributed by atoms with Gasteiger partial charge in [-0.05, 0) is 54.4 Å². The topological polar surface area (TPSA) is 66.5 Å². The summed E-state index contributed by atoms with van der Waals surface area (Å²) < 4.78 is 0. The van der Waals surface area contributed by atoms with Crippen LogP contribution < -0.4 is 5.43 Å². The summed E-state index contributed by atoms with van der Waals surface area (Å²) >= 11 is 5.82. The normalized spacial score (nSPS) is 38.1. The van der Waals surface area contributed by atoms with E-state index in [2.05, 4.69) is 17.6 Å². The Morgan fingerprint density at radius 1 is 1.00 bits per heavy atom. The lowest BCUT2D eigenvalue weighted by Crippen LogP contribution is -2.46. The number of hydrogen-bond donors (Lipinski definition) is 1. The number of hydrogen-bond acceptors (Lipinski definition) is 3. The average Bonchev–Trinajstić information content (AvgIpc) is 3.36. The van der Waals surface area contributed by atoms with Gasteiger partial charge in [-0.15, -0.1) is 0 Å². The van der Waals surface area contributed by atoms with Gasteiger partial charge in [0.2, 0.25) is 0 Å². The van der Waals surface area contributed by atoms with E-state index in [0.29, 0.717) is 22.4 Å². The number of carbonyl (C=O) groups excluding carboxylic acids is 3. The van der Waals surface area contributed by atoms with Gasteiger partial charge in [0, 0.05) is 10.6 Å². The zero-order chi connectivity index (χ0) is 16.6. The maximum atomic E-state index is 12.8. The smallest absolute Gasteiger partial charge is 0.270 e. The first-order valence-electron chi connectivity index (χ1n) is 8.19. The van der Waals surface area contributed by atoms with E-state index < -0.39 is 5.91 Å². The number of imide groups is 1. The standard InChI is InChI=1S/C18H15ClN2O3/c19-9-3-1-8(2-4-9)16(22)20-21-17(23)14-10-5-6-11(13-7-12(10)13)15(14)18(21)24/h1-6,10-15H,7H2,(H,20,22)/t10-,11+,12-,13-,14+,15-/m1/s1. The first-order chi connectivity index (χ1) is 11.6. The maximum absolute atomic E-state index is 12.8. The van der Waals surface area contributed by atoms with Crippen LogP contribution in [0.1, 0.15) is 16.8 Å². The molecule has 0 radical (unpaired) electrons. The fourth-order valence-electron chi connectivity index (χ4n) is 4.83. The van der Waals surface area contributed by atoms with Crippen LogP contribution in [0.4, 0.5) is 0 Å². The molecule has 0 aromatic heterocycles. The zero-order valence-corrected chi connectivity index (χ0v) is 13.4. The summed E-state index contributed by atoms with van der Waals surface area (Å²) in [6.45, 7) is 0. The molecular formula is C18H15ClN2O3. The van der Waals surface area contributed by atoms with Crippen LogP contribution in [0.5, 0.6) is 0 Å². The second-order valence-electron chi connectivity index (χ2n) is 7.11. The summed E-state index contributed by atoms with van der Waals surface area (Å²) in [5.41, 5.74) is 2.85. The molecule has 1 saturated heterocycles. The number of benzene rings is 1. The minimum Gasteiger partial charge on any atom is -0.272 e. The fourth-order valence-corrected chi connectivity index (χ4v) is 4.96. The average molecular weight is 343 g/mol. The minimum absolute atomic E-state index is 0.152. The molecule has 6 heteroatoms. The van der Waals surface area contributed by atoms with E-state index in [4.69, 9.17) is 11.6 Å². The first kappa shape index (κ1) is 14.2. The summed E-state index contributed by atoms with van der Waals surface area (Å²) in [6.07, 6.45) is 5.33. The van der Waals surface area contributed by atoms with Crippen molar-refractivity contribution < 1.29 is 14.4 Å². The van der Waals surface area contributed by atoms with Crippen LogP contribution in [-0.2, 0) is 9.59 Å².